The molecule has 4 rings (SSSR count). The number of hydrogen-bond donors (Lipinski definition) is 0. The van der Waals surface area contributed by atoms with Crippen LogP contribution >= 0.6 is 23.2 Å². The van der Waals surface area contributed by atoms with E-state index in [1.54, 1.807) is 36.4 Å². The van der Waals surface area contributed by atoms with Gasteiger partial charge in [-0.15, -0.1) is 0 Å². The van der Waals surface area contributed by atoms with Gasteiger partial charge in [-0.2, -0.15) is 0 Å². The molecule has 0 N–H and O–H groups in total. The highest BCUT2D eigenvalue weighted by atomic mass is 35.5. The van der Waals surface area contributed by atoms with E-state index in [4.69, 9.17) is 37.4 Å². The van der Waals surface area contributed by atoms with Crippen LogP contribution in [0.4, 0.5) is 0 Å². The Morgan fingerprint density at radius 3 is 2.57 bits per heavy atom. The second-order valence-electron chi connectivity index (χ2n) is 5.41. The lowest BCUT2D eigenvalue weighted by molar-refractivity contribution is -0.343. The van der Waals surface area contributed by atoms with E-state index in [-0.39, 0.29) is 5.78 Å². The van der Waals surface area contributed by atoms with E-state index in [1.165, 1.54) is 7.11 Å². The maximum Gasteiger partial charge on any atom is 0.313 e. The van der Waals surface area contributed by atoms with E-state index >= 15 is 0 Å². The molecule has 118 valence electrons. The molecule has 3 atom stereocenters. The number of ketones is 1. The lowest BCUT2D eigenvalue weighted by Gasteiger charge is -2.30. The Hall–Kier alpha value is -1.43. The van der Waals surface area contributed by atoms with Crippen molar-refractivity contribution in [1.29, 1.82) is 0 Å². The molecule has 0 spiro atoms. The molecule has 1 saturated heterocycles. The van der Waals surface area contributed by atoms with Gasteiger partial charge >= 0.3 is 5.97 Å². The number of methoxy groups -OCH3 is 1. The fourth-order valence-corrected chi connectivity index (χ4v) is 3.60. The standard InChI is InChI=1S/C17H12Cl2O4/c1-21-17-12-5-3-2-4-10(12)14(20)16(23-17)15(22-17)11-7-6-9(18)8-13(11)19/h2-8,15-16H,1H3/t15-,16+,17+/m1/s1. The van der Waals surface area contributed by atoms with E-state index in [0.717, 1.165) is 0 Å². The van der Waals surface area contributed by atoms with Crippen molar-refractivity contribution >= 4 is 29.0 Å². The lowest BCUT2D eigenvalue weighted by Crippen LogP contribution is -2.39. The molecule has 0 aromatic heterocycles. The minimum Gasteiger partial charge on any atom is -0.327 e. The number of hydrogen-bond acceptors (Lipinski definition) is 4. The summed E-state index contributed by atoms with van der Waals surface area (Å²) >= 11 is 12.2. The molecule has 0 aliphatic carbocycles. The third kappa shape index (κ3) is 2.14. The summed E-state index contributed by atoms with van der Waals surface area (Å²) in [5, 5.41) is 0.929. The highest BCUT2D eigenvalue weighted by Crippen LogP contribution is 2.51. The summed E-state index contributed by atoms with van der Waals surface area (Å²) in [5.74, 6) is -1.55. The van der Waals surface area contributed by atoms with Crippen molar-refractivity contribution in [3.8, 4) is 0 Å². The van der Waals surface area contributed by atoms with E-state index in [9.17, 15) is 4.79 Å². The number of fused-ring (bicyclic) bond motifs is 4. The molecule has 23 heavy (non-hydrogen) atoms. The van der Waals surface area contributed by atoms with Gasteiger partial charge in [0.2, 0.25) is 0 Å². The molecule has 1 fully saturated rings. The summed E-state index contributed by atoms with van der Waals surface area (Å²) in [7, 11) is 1.48. The van der Waals surface area contributed by atoms with Crippen LogP contribution in [0.1, 0.15) is 27.6 Å². The maximum atomic E-state index is 12.8. The number of carbonyl (C=O) groups is 1. The molecular weight excluding hydrogens is 339 g/mol. The van der Waals surface area contributed by atoms with Crippen LogP contribution in [0.15, 0.2) is 42.5 Å². The van der Waals surface area contributed by atoms with Crippen molar-refractivity contribution in [3.63, 3.8) is 0 Å². The Balaban J connectivity index is 1.85. The normalized spacial score (nSPS) is 28.7. The van der Waals surface area contributed by atoms with Crippen molar-refractivity contribution < 1.29 is 19.0 Å². The minimum absolute atomic E-state index is 0.151. The molecule has 6 heteroatoms. The van der Waals surface area contributed by atoms with Crippen molar-refractivity contribution in [2.75, 3.05) is 7.11 Å². The summed E-state index contributed by atoms with van der Waals surface area (Å²) < 4.78 is 17.4. The first-order valence-corrected chi connectivity index (χ1v) is 7.81. The van der Waals surface area contributed by atoms with Gasteiger partial charge in [-0.25, -0.2) is 0 Å². The lowest BCUT2D eigenvalue weighted by atomic mass is 9.93. The zero-order chi connectivity index (χ0) is 16.2. The Morgan fingerprint density at radius 2 is 1.83 bits per heavy atom. The quantitative estimate of drug-likeness (QED) is 0.817. The zero-order valence-corrected chi connectivity index (χ0v) is 13.6. The molecule has 2 aliphatic rings. The van der Waals surface area contributed by atoms with Crippen molar-refractivity contribution in [2.45, 2.75) is 18.2 Å². The predicted octanol–water partition coefficient (Wildman–Crippen LogP) is 4.10. The third-order valence-electron chi connectivity index (χ3n) is 4.16. The van der Waals surface area contributed by atoms with Crippen LogP contribution in [0.3, 0.4) is 0 Å². The molecule has 2 aliphatic heterocycles. The average molecular weight is 351 g/mol. The summed E-state index contributed by atoms with van der Waals surface area (Å²) in [5.41, 5.74) is 1.75. The fourth-order valence-electron chi connectivity index (χ4n) is 3.09. The topological polar surface area (TPSA) is 44.8 Å². The second-order valence-corrected chi connectivity index (χ2v) is 6.26. The van der Waals surface area contributed by atoms with Crippen molar-refractivity contribution in [2.24, 2.45) is 0 Å². The average Bonchev–Trinajstić information content (AvgIpc) is 2.91. The van der Waals surface area contributed by atoms with Gasteiger partial charge in [0, 0.05) is 28.3 Å². The van der Waals surface area contributed by atoms with Gasteiger partial charge in [-0.1, -0.05) is 53.5 Å². The molecule has 0 radical (unpaired) electrons. The predicted molar refractivity (Wildman–Crippen MR) is 84.6 cm³/mol. The molecule has 0 amide bonds. The smallest absolute Gasteiger partial charge is 0.313 e. The summed E-state index contributed by atoms with van der Waals surface area (Å²) in [6.07, 6.45) is -1.48. The highest BCUT2D eigenvalue weighted by molar-refractivity contribution is 6.35. The summed E-state index contributed by atoms with van der Waals surface area (Å²) in [4.78, 5) is 12.8. The Morgan fingerprint density at radius 1 is 1.09 bits per heavy atom. The SMILES string of the molecule is CO[C@@]12O[C@H](c3ccc(Cl)cc3Cl)[C@@H](O1)C(=O)c1ccccc12. The minimum atomic E-state index is -1.40. The van der Waals surface area contributed by atoms with Crippen LogP contribution in [0, 0.1) is 0 Å². The number of carbonyl (C=O) groups excluding carboxylic acids is 1. The first-order valence-electron chi connectivity index (χ1n) is 7.05. The maximum absolute atomic E-state index is 12.8. The molecule has 2 bridgehead atoms. The van der Waals surface area contributed by atoms with Gasteiger partial charge < -0.3 is 14.2 Å². The number of Topliss-reactive ketones (excluding diaryl/α,β-unsaturated/α-hetero) is 1. The van der Waals surface area contributed by atoms with Crippen molar-refractivity contribution in [1.82, 2.24) is 0 Å². The summed E-state index contributed by atoms with van der Waals surface area (Å²) in [6.45, 7) is 0. The molecular formula is C17H12Cl2O4. The second kappa shape index (κ2) is 5.30. The van der Waals surface area contributed by atoms with Gasteiger partial charge in [-0.05, 0) is 12.1 Å². The molecule has 2 aromatic rings. The van der Waals surface area contributed by atoms with Gasteiger partial charge in [0.15, 0.2) is 11.9 Å². The van der Waals surface area contributed by atoms with Crippen LogP contribution < -0.4 is 0 Å². The molecule has 0 unspecified atom stereocenters. The first-order chi connectivity index (χ1) is 11.1. The molecule has 0 saturated carbocycles. The van der Waals surface area contributed by atoms with Crippen LogP contribution in [-0.2, 0) is 20.2 Å². The summed E-state index contributed by atoms with van der Waals surface area (Å²) in [6, 6.07) is 12.2. The molecule has 2 aromatic carbocycles. The third-order valence-corrected chi connectivity index (χ3v) is 4.72. The Kier molecular flexibility index (Phi) is 3.48. The monoisotopic (exact) mass is 350 g/mol. The van der Waals surface area contributed by atoms with E-state index in [2.05, 4.69) is 0 Å². The van der Waals surface area contributed by atoms with Gasteiger partial charge in [0.1, 0.15) is 6.10 Å². The molecule has 2 heterocycles. The van der Waals surface area contributed by atoms with E-state index in [1.807, 2.05) is 6.07 Å². The van der Waals surface area contributed by atoms with Crippen molar-refractivity contribution in [3.05, 3.63) is 69.2 Å². The first kappa shape index (κ1) is 15.1. The Labute approximate surface area is 142 Å². The van der Waals surface area contributed by atoms with Crippen LogP contribution in [0.2, 0.25) is 10.0 Å². The van der Waals surface area contributed by atoms with Gasteiger partial charge in [0.05, 0.1) is 5.56 Å². The van der Waals surface area contributed by atoms with E-state index in [0.29, 0.717) is 26.7 Å². The van der Waals surface area contributed by atoms with E-state index < -0.39 is 18.2 Å². The number of benzene rings is 2. The van der Waals surface area contributed by atoms with Gasteiger partial charge in [0.25, 0.3) is 0 Å². The number of rotatable bonds is 2. The largest absolute Gasteiger partial charge is 0.327 e. The van der Waals surface area contributed by atoms with Crippen LogP contribution in [0.25, 0.3) is 0 Å². The van der Waals surface area contributed by atoms with Crippen LogP contribution in [0.5, 0.6) is 0 Å². The number of halogens is 2. The highest BCUT2D eigenvalue weighted by Gasteiger charge is 2.58. The zero-order valence-electron chi connectivity index (χ0n) is 12.1. The van der Waals surface area contributed by atoms with Crippen LogP contribution in [-0.4, -0.2) is 19.0 Å². The van der Waals surface area contributed by atoms with Gasteiger partial charge in [-0.3, -0.25) is 4.79 Å². The Bertz CT molecular complexity index is 807. The number of ether oxygens (including phenoxy) is 3. The fraction of sp³-hybridized carbons (Fsp3) is 0.235. The molecule has 4 nitrogen and oxygen atoms in total.